The summed E-state index contributed by atoms with van der Waals surface area (Å²) in [5.74, 6) is 0.953. The van der Waals surface area contributed by atoms with Crippen LogP contribution in [0.4, 0.5) is 10.9 Å². The van der Waals surface area contributed by atoms with Gasteiger partial charge in [-0.05, 0) is 12.8 Å². The third kappa shape index (κ3) is 2.34. The van der Waals surface area contributed by atoms with E-state index in [1.165, 1.54) is 43.4 Å². The molecule has 1 aliphatic rings. The zero-order valence-corrected chi connectivity index (χ0v) is 8.44. The Hall–Kier alpha value is -0.770. The molecule has 1 aliphatic carbocycles. The maximum atomic E-state index is 5.55. The highest BCUT2D eigenvalue weighted by atomic mass is 32.1. The number of nitrogen functional groups attached to an aromatic ring is 1. The molecule has 3 nitrogen and oxygen atoms in total. The molecule has 0 aliphatic heterocycles. The van der Waals surface area contributed by atoms with Crippen molar-refractivity contribution in [2.75, 3.05) is 11.1 Å². The summed E-state index contributed by atoms with van der Waals surface area (Å²) in [5.41, 5.74) is 5.55. The van der Waals surface area contributed by atoms with Gasteiger partial charge in [-0.25, -0.2) is 4.98 Å². The fraction of sp³-hybridized carbons (Fsp3) is 0.667. The molecule has 1 fully saturated rings. The second-order valence-corrected chi connectivity index (χ2v) is 4.44. The number of rotatable bonds is 2. The summed E-state index contributed by atoms with van der Waals surface area (Å²) < 4.78 is 0. The quantitative estimate of drug-likeness (QED) is 0.765. The molecular formula is C9H15N3S. The predicted molar refractivity (Wildman–Crippen MR) is 57.0 cm³/mol. The van der Waals surface area contributed by atoms with Gasteiger partial charge >= 0.3 is 0 Å². The number of aromatic nitrogens is 1. The molecule has 0 spiro atoms. The first-order valence-corrected chi connectivity index (χ1v) is 5.70. The first-order chi connectivity index (χ1) is 6.34. The van der Waals surface area contributed by atoms with Crippen LogP contribution in [0.25, 0.3) is 0 Å². The molecule has 72 valence electrons. The van der Waals surface area contributed by atoms with Crippen LogP contribution in [0.1, 0.15) is 32.1 Å². The average molecular weight is 197 g/mol. The molecule has 0 aromatic carbocycles. The van der Waals surface area contributed by atoms with Crippen molar-refractivity contribution in [3.63, 3.8) is 0 Å². The van der Waals surface area contributed by atoms with E-state index in [9.17, 15) is 0 Å². The van der Waals surface area contributed by atoms with Crippen LogP contribution in [0.2, 0.25) is 0 Å². The van der Waals surface area contributed by atoms with Crippen LogP contribution >= 0.6 is 11.3 Å². The number of nitrogens with two attached hydrogens (primary N) is 1. The third-order valence-electron chi connectivity index (χ3n) is 2.48. The second-order valence-electron chi connectivity index (χ2n) is 3.55. The lowest BCUT2D eigenvalue weighted by molar-refractivity contribution is 0.462. The van der Waals surface area contributed by atoms with Crippen LogP contribution < -0.4 is 11.1 Å². The Kier molecular flexibility index (Phi) is 2.68. The topological polar surface area (TPSA) is 50.9 Å². The Labute approximate surface area is 82.4 Å². The second kappa shape index (κ2) is 3.96. The smallest absolute Gasteiger partial charge is 0.182 e. The third-order valence-corrected chi connectivity index (χ3v) is 3.15. The Morgan fingerprint density at radius 3 is 2.77 bits per heavy atom. The Morgan fingerprint density at radius 1 is 1.38 bits per heavy atom. The van der Waals surface area contributed by atoms with Crippen molar-refractivity contribution in [3.8, 4) is 0 Å². The SMILES string of the molecule is Nc1nc(NC2CCCCC2)cs1. The van der Waals surface area contributed by atoms with Gasteiger partial charge in [-0.15, -0.1) is 11.3 Å². The Balaban J connectivity index is 1.89. The number of nitrogens with one attached hydrogen (secondary N) is 1. The molecule has 2 rings (SSSR count). The van der Waals surface area contributed by atoms with Crippen LogP contribution in [0.5, 0.6) is 0 Å². The fourth-order valence-electron chi connectivity index (χ4n) is 1.81. The number of anilines is 2. The Morgan fingerprint density at radius 2 is 2.15 bits per heavy atom. The lowest BCUT2D eigenvalue weighted by Gasteiger charge is -2.22. The molecule has 1 aromatic heterocycles. The molecule has 13 heavy (non-hydrogen) atoms. The van der Waals surface area contributed by atoms with E-state index in [-0.39, 0.29) is 0 Å². The minimum absolute atomic E-state index is 0.621. The Bertz CT molecular complexity index is 266. The van der Waals surface area contributed by atoms with Crippen molar-refractivity contribution in [3.05, 3.63) is 5.38 Å². The molecule has 1 aromatic rings. The molecule has 0 amide bonds. The van der Waals surface area contributed by atoms with Crippen molar-refractivity contribution in [2.45, 2.75) is 38.1 Å². The molecule has 0 unspecified atom stereocenters. The van der Waals surface area contributed by atoms with E-state index in [0.29, 0.717) is 11.2 Å². The molecule has 0 bridgehead atoms. The first-order valence-electron chi connectivity index (χ1n) is 4.82. The number of nitrogens with zero attached hydrogens (tertiary/aromatic N) is 1. The van der Waals surface area contributed by atoms with Crippen molar-refractivity contribution >= 4 is 22.3 Å². The van der Waals surface area contributed by atoms with Gasteiger partial charge < -0.3 is 11.1 Å². The predicted octanol–water partition coefficient (Wildman–Crippen LogP) is 2.47. The van der Waals surface area contributed by atoms with Gasteiger partial charge in [0, 0.05) is 11.4 Å². The lowest BCUT2D eigenvalue weighted by Crippen LogP contribution is -2.22. The van der Waals surface area contributed by atoms with E-state index in [1.54, 1.807) is 0 Å². The van der Waals surface area contributed by atoms with E-state index in [4.69, 9.17) is 5.73 Å². The molecule has 1 heterocycles. The number of thiazole rings is 1. The molecule has 1 saturated carbocycles. The number of hydrogen-bond acceptors (Lipinski definition) is 4. The zero-order chi connectivity index (χ0) is 9.10. The average Bonchev–Trinajstić information content (AvgIpc) is 2.53. The van der Waals surface area contributed by atoms with Gasteiger partial charge in [0.2, 0.25) is 0 Å². The van der Waals surface area contributed by atoms with Crippen molar-refractivity contribution < 1.29 is 0 Å². The molecule has 0 atom stereocenters. The van der Waals surface area contributed by atoms with Crippen LogP contribution in [0.15, 0.2) is 5.38 Å². The van der Waals surface area contributed by atoms with Crippen molar-refractivity contribution in [1.29, 1.82) is 0 Å². The summed E-state index contributed by atoms with van der Waals surface area (Å²) in [5, 5.41) is 6.06. The largest absolute Gasteiger partial charge is 0.375 e. The summed E-state index contributed by atoms with van der Waals surface area (Å²) in [6.45, 7) is 0. The van der Waals surface area contributed by atoms with E-state index < -0.39 is 0 Å². The highest BCUT2D eigenvalue weighted by Crippen LogP contribution is 2.23. The van der Waals surface area contributed by atoms with E-state index in [1.807, 2.05) is 5.38 Å². The molecule has 4 heteroatoms. The lowest BCUT2D eigenvalue weighted by atomic mass is 9.96. The van der Waals surface area contributed by atoms with E-state index in [2.05, 4.69) is 10.3 Å². The highest BCUT2D eigenvalue weighted by Gasteiger charge is 2.13. The van der Waals surface area contributed by atoms with Gasteiger partial charge in [0.25, 0.3) is 0 Å². The van der Waals surface area contributed by atoms with Crippen LogP contribution in [0.3, 0.4) is 0 Å². The molecular weight excluding hydrogens is 182 g/mol. The van der Waals surface area contributed by atoms with Gasteiger partial charge in [0.15, 0.2) is 5.13 Å². The van der Waals surface area contributed by atoms with Crippen LogP contribution in [-0.2, 0) is 0 Å². The summed E-state index contributed by atoms with van der Waals surface area (Å²) in [6, 6.07) is 0.621. The summed E-state index contributed by atoms with van der Waals surface area (Å²) >= 11 is 1.50. The normalized spacial score (nSPS) is 18.8. The summed E-state index contributed by atoms with van der Waals surface area (Å²) in [7, 11) is 0. The van der Waals surface area contributed by atoms with Crippen LogP contribution in [0, 0.1) is 0 Å². The molecule has 3 N–H and O–H groups in total. The monoisotopic (exact) mass is 197 g/mol. The standard InChI is InChI=1S/C9H15N3S/c10-9-12-8(6-13-9)11-7-4-2-1-3-5-7/h6-7,11H,1-5H2,(H2,10,12). The maximum absolute atomic E-state index is 5.55. The van der Waals surface area contributed by atoms with Gasteiger partial charge in [0.05, 0.1) is 0 Å². The summed E-state index contributed by atoms with van der Waals surface area (Å²) in [4.78, 5) is 4.19. The van der Waals surface area contributed by atoms with Gasteiger partial charge in [0.1, 0.15) is 5.82 Å². The van der Waals surface area contributed by atoms with E-state index in [0.717, 1.165) is 5.82 Å². The fourth-order valence-corrected chi connectivity index (χ4v) is 2.31. The first kappa shape index (κ1) is 8.81. The summed E-state index contributed by atoms with van der Waals surface area (Å²) in [6.07, 6.45) is 6.63. The van der Waals surface area contributed by atoms with Gasteiger partial charge in [-0.2, -0.15) is 0 Å². The van der Waals surface area contributed by atoms with Gasteiger partial charge in [-0.1, -0.05) is 19.3 Å². The highest BCUT2D eigenvalue weighted by molar-refractivity contribution is 7.13. The number of hydrogen-bond donors (Lipinski definition) is 2. The maximum Gasteiger partial charge on any atom is 0.182 e. The van der Waals surface area contributed by atoms with Gasteiger partial charge in [-0.3, -0.25) is 0 Å². The minimum atomic E-state index is 0.621. The molecule has 0 radical (unpaired) electrons. The van der Waals surface area contributed by atoms with Crippen molar-refractivity contribution in [1.82, 2.24) is 4.98 Å². The zero-order valence-electron chi connectivity index (χ0n) is 7.62. The van der Waals surface area contributed by atoms with Crippen LogP contribution in [-0.4, -0.2) is 11.0 Å². The van der Waals surface area contributed by atoms with E-state index >= 15 is 0 Å². The minimum Gasteiger partial charge on any atom is -0.375 e. The van der Waals surface area contributed by atoms with Crippen molar-refractivity contribution in [2.24, 2.45) is 0 Å². The molecule has 0 saturated heterocycles.